The fraction of sp³-hybridized carbons (Fsp3) is 0.344. The number of amides is 2. The lowest BCUT2D eigenvalue weighted by molar-refractivity contribution is -0.126. The molecule has 1 spiro atoms. The van der Waals surface area contributed by atoms with E-state index in [1.54, 1.807) is 36.4 Å². The molecular formula is C32H30Cl2FN5O3. The van der Waals surface area contributed by atoms with Crippen molar-refractivity contribution in [3.8, 4) is 0 Å². The number of fused-ring (bicyclic) bond motifs is 3. The number of carbonyl (C=O) groups is 2. The average Bonchev–Trinajstić information content (AvgIpc) is 3.58. The summed E-state index contributed by atoms with van der Waals surface area (Å²) in [6.45, 7) is 7.77. The molecule has 0 radical (unpaired) electrons. The number of anilines is 1. The van der Waals surface area contributed by atoms with E-state index in [9.17, 15) is 9.59 Å². The van der Waals surface area contributed by atoms with Gasteiger partial charge in [-0.2, -0.15) is 5.10 Å². The summed E-state index contributed by atoms with van der Waals surface area (Å²) in [5.41, 5.74) is 2.02. The number of benzene rings is 3. The van der Waals surface area contributed by atoms with Crippen LogP contribution in [-0.2, 0) is 15.1 Å². The van der Waals surface area contributed by atoms with Gasteiger partial charge in [-0.3, -0.25) is 19.2 Å². The Bertz CT molecular complexity index is 1820. The third-order valence-corrected chi connectivity index (χ3v) is 9.73. The first-order valence-corrected chi connectivity index (χ1v) is 15.0. The number of carbonyl (C=O) groups excluding carboxylic acids is 2. The Hall–Kier alpha value is -3.50. The van der Waals surface area contributed by atoms with Crippen LogP contribution in [0.4, 0.5) is 10.1 Å². The van der Waals surface area contributed by atoms with E-state index in [1.165, 1.54) is 6.07 Å². The van der Waals surface area contributed by atoms with Crippen LogP contribution < -0.4 is 10.6 Å². The molecule has 2 N–H and O–H groups in total. The molecular weight excluding hydrogens is 592 g/mol. The number of nitrogens with zero attached hydrogens (tertiary/aromatic N) is 3. The van der Waals surface area contributed by atoms with Gasteiger partial charge >= 0.3 is 0 Å². The quantitative estimate of drug-likeness (QED) is 0.293. The number of ether oxygens (including phenoxy) is 1. The molecule has 4 aromatic rings. The molecule has 222 valence electrons. The Labute approximate surface area is 258 Å². The van der Waals surface area contributed by atoms with E-state index >= 15 is 4.39 Å². The second-order valence-corrected chi connectivity index (χ2v) is 12.8. The van der Waals surface area contributed by atoms with Gasteiger partial charge in [0.1, 0.15) is 11.4 Å². The number of aryl methyl sites for hydroxylation is 1. The van der Waals surface area contributed by atoms with Crippen LogP contribution in [0.5, 0.6) is 0 Å². The van der Waals surface area contributed by atoms with Crippen molar-refractivity contribution in [1.29, 1.82) is 0 Å². The number of nitrogens with one attached hydrogen (secondary N) is 2. The van der Waals surface area contributed by atoms with Crippen molar-refractivity contribution in [2.45, 2.75) is 43.8 Å². The molecule has 1 aromatic heterocycles. The molecule has 0 bridgehead atoms. The Morgan fingerprint density at radius 3 is 2.70 bits per heavy atom. The largest absolute Gasteiger partial charge is 0.376 e. The van der Waals surface area contributed by atoms with E-state index in [4.69, 9.17) is 33.0 Å². The Morgan fingerprint density at radius 2 is 1.98 bits per heavy atom. The zero-order valence-electron chi connectivity index (χ0n) is 23.9. The van der Waals surface area contributed by atoms with Gasteiger partial charge in [-0.05, 0) is 56.3 Å². The molecule has 2 saturated heterocycles. The Balaban J connectivity index is 1.40. The Kier molecular flexibility index (Phi) is 6.59. The van der Waals surface area contributed by atoms with E-state index in [2.05, 4.69) is 15.5 Å². The maximum absolute atomic E-state index is 16.0. The molecule has 43 heavy (non-hydrogen) atoms. The molecule has 3 aliphatic heterocycles. The summed E-state index contributed by atoms with van der Waals surface area (Å²) >= 11 is 12.7. The van der Waals surface area contributed by atoms with E-state index in [1.807, 2.05) is 37.6 Å². The standard InChI is InChI=1S/C32H30Cl2FN5O3/c1-4-39-14-26(40-17(2)20-10-8-18(12-24(20)38-40)29(41)37-31(3)15-43-16-31)27(21-6-5-7-23(34)28(21)35)32(39)22-11-9-19(33)13-25(22)36-30(32)42/h5-13,26-27H,4,14-16H2,1-3H3,(H,36,42)(H,37,41)/t26-,27+,32?/m1/s1. The normalized spacial score (nSPS) is 24.3. The summed E-state index contributed by atoms with van der Waals surface area (Å²) in [6, 6.07) is 15.2. The van der Waals surface area contributed by atoms with E-state index < -0.39 is 23.3 Å². The van der Waals surface area contributed by atoms with Crippen molar-refractivity contribution in [2.75, 3.05) is 31.6 Å². The van der Waals surface area contributed by atoms with Crippen molar-refractivity contribution in [2.24, 2.45) is 0 Å². The van der Waals surface area contributed by atoms with Crippen LogP contribution in [0.15, 0.2) is 54.6 Å². The first-order chi connectivity index (χ1) is 20.6. The maximum Gasteiger partial charge on any atom is 0.251 e. The molecule has 4 heterocycles. The van der Waals surface area contributed by atoms with Crippen molar-refractivity contribution in [1.82, 2.24) is 20.0 Å². The van der Waals surface area contributed by atoms with Crippen molar-refractivity contribution >= 4 is 51.6 Å². The van der Waals surface area contributed by atoms with Gasteiger partial charge in [0.15, 0.2) is 0 Å². The first-order valence-electron chi connectivity index (χ1n) is 14.3. The highest BCUT2D eigenvalue weighted by molar-refractivity contribution is 6.31. The van der Waals surface area contributed by atoms with Crippen molar-refractivity contribution < 1.29 is 18.7 Å². The van der Waals surface area contributed by atoms with Gasteiger partial charge < -0.3 is 15.4 Å². The summed E-state index contributed by atoms with van der Waals surface area (Å²) in [4.78, 5) is 29.3. The fourth-order valence-corrected chi connectivity index (χ4v) is 7.53. The molecule has 3 atom stereocenters. The van der Waals surface area contributed by atoms with Crippen LogP contribution >= 0.6 is 23.2 Å². The van der Waals surface area contributed by atoms with Gasteiger partial charge in [0.2, 0.25) is 5.91 Å². The van der Waals surface area contributed by atoms with Crippen molar-refractivity contribution in [3.63, 3.8) is 0 Å². The average molecular weight is 623 g/mol. The van der Waals surface area contributed by atoms with Crippen LogP contribution in [0.2, 0.25) is 10.0 Å². The summed E-state index contributed by atoms with van der Waals surface area (Å²) in [5, 5.41) is 12.4. The first kappa shape index (κ1) is 28.3. The number of halogens is 3. The highest BCUT2D eigenvalue weighted by Gasteiger charge is 2.64. The van der Waals surface area contributed by atoms with Gasteiger partial charge in [-0.25, -0.2) is 4.39 Å². The minimum Gasteiger partial charge on any atom is -0.376 e. The molecule has 1 unspecified atom stereocenters. The van der Waals surface area contributed by atoms with Gasteiger partial charge in [-0.15, -0.1) is 0 Å². The summed E-state index contributed by atoms with van der Waals surface area (Å²) in [6.07, 6.45) is 0. The highest BCUT2D eigenvalue weighted by Crippen LogP contribution is 2.59. The monoisotopic (exact) mass is 621 g/mol. The predicted molar refractivity (Wildman–Crippen MR) is 163 cm³/mol. The van der Waals surface area contributed by atoms with E-state index in [0.717, 1.165) is 16.6 Å². The topological polar surface area (TPSA) is 88.5 Å². The van der Waals surface area contributed by atoms with Crippen LogP contribution in [0.1, 0.15) is 53.0 Å². The second kappa shape index (κ2) is 10.0. The van der Waals surface area contributed by atoms with Crippen LogP contribution in [-0.4, -0.2) is 58.3 Å². The molecule has 11 heteroatoms. The fourth-order valence-electron chi connectivity index (χ4n) is 7.18. The number of aromatic nitrogens is 2. The third kappa shape index (κ3) is 4.13. The SMILES string of the molecule is CCN1C[C@@H](n2nc3cc(C(=O)NC4(C)COC4)ccc3c2C)[C@H](c2cccc(Cl)c2F)C12C(=O)Nc1cc(Cl)ccc12. The van der Waals surface area contributed by atoms with Gasteiger partial charge in [0, 0.05) is 45.4 Å². The van der Waals surface area contributed by atoms with E-state index in [-0.39, 0.29) is 22.4 Å². The van der Waals surface area contributed by atoms with E-state index in [0.29, 0.717) is 53.7 Å². The predicted octanol–water partition coefficient (Wildman–Crippen LogP) is 5.82. The van der Waals surface area contributed by atoms with Crippen molar-refractivity contribution in [3.05, 3.63) is 92.8 Å². The second-order valence-electron chi connectivity index (χ2n) is 11.9. The van der Waals surface area contributed by atoms with Crippen LogP contribution in [0, 0.1) is 12.7 Å². The molecule has 3 aromatic carbocycles. The molecule has 8 nitrogen and oxygen atoms in total. The number of hydrogen-bond donors (Lipinski definition) is 2. The third-order valence-electron chi connectivity index (χ3n) is 9.21. The zero-order chi connectivity index (χ0) is 30.3. The molecule has 3 aliphatic rings. The lowest BCUT2D eigenvalue weighted by Crippen LogP contribution is -2.59. The smallest absolute Gasteiger partial charge is 0.251 e. The number of rotatable bonds is 5. The highest BCUT2D eigenvalue weighted by atomic mass is 35.5. The minimum atomic E-state index is -1.24. The minimum absolute atomic E-state index is 0.0142. The lowest BCUT2D eigenvalue weighted by Gasteiger charge is -2.38. The Morgan fingerprint density at radius 1 is 1.19 bits per heavy atom. The molecule has 0 saturated carbocycles. The van der Waals surface area contributed by atoms with Gasteiger partial charge in [0.05, 0.1) is 35.3 Å². The van der Waals surface area contributed by atoms with Gasteiger partial charge in [-0.1, -0.05) is 54.4 Å². The molecule has 0 aliphatic carbocycles. The maximum atomic E-state index is 16.0. The molecule has 2 fully saturated rings. The van der Waals surface area contributed by atoms with Gasteiger partial charge in [0.25, 0.3) is 5.91 Å². The summed E-state index contributed by atoms with van der Waals surface area (Å²) < 4.78 is 23.2. The zero-order valence-corrected chi connectivity index (χ0v) is 25.4. The van der Waals surface area contributed by atoms with Crippen LogP contribution in [0.25, 0.3) is 10.9 Å². The summed E-state index contributed by atoms with van der Waals surface area (Å²) in [5.74, 6) is -1.70. The number of hydrogen-bond acceptors (Lipinski definition) is 5. The molecule has 7 rings (SSSR count). The molecule has 2 amide bonds. The van der Waals surface area contributed by atoms with Crippen LogP contribution in [0.3, 0.4) is 0 Å². The number of likely N-dealkylation sites (N-methyl/N-ethyl adjacent to an activating group) is 1. The summed E-state index contributed by atoms with van der Waals surface area (Å²) in [7, 11) is 0. The number of likely N-dealkylation sites (tertiary alicyclic amines) is 1. The lowest BCUT2D eigenvalue weighted by atomic mass is 9.74.